The van der Waals surface area contributed by atoms with E-state index in [1.807, 2.05) is 13.8 Å². The average Bonchev–Trinajstić information content (AvgIpc) is 2.36. The molecule has 1 aromatic rings. The first kappa shape index (κ1) is 16.7. The third kappa shape index (κ3) is 3.58. The van der Waals surface area contributed by atoms with Gasteiger partial charge in [0.1, 0.15) is 5.54 Å². The maximum Gasteiger partial charge on any atom is 0.330 e. The van der Waals surface area contributed by atoms with Gasteiger partial charge in [-0.05, 0) is 38.5 Å². The Morgan fingerprint density at radius 2 is 1.75 bits per heavy atom. The molecule has 0 radical (unpaired) electrons. The lowest BCUT2D eigenvalue weighted by molar-refractivity contribution is -0.148. The summed E-state index contributed by atoms with van der Waals surface area (Å²) in [7, 11) is -1.92. The molecule has 1 rings (SSSR count). The fourth-order valence-electron chi connectivity index (χ4n) is 2.08. The zero-order valence-electron chi connectivity index (χ0n) is 12.4. The summed E-state index contributed by atoms with van der Waals surface area (Å²) in [5, 5.41) is 3.16. The molecule has 1 aromatic carbocycles. The van der Waals surface area contributed by atoms with Crippen LogP contribution in [-0.4, -0.2) is 33.8 Å². The smallest absolute Gasteiger partial charge is 0.330 e. The summed E-state index contributed by atoms with van der Waals surface area (Å²) in [6.45, 7) is 5.56. The summed E-state index contributed by atoms with van der Waals surface area (Å²) < 4.78 is 27.8. The molecule has 0 amide bonds. The van der Waals surface area contributed by atoms with Crippen LogP contribution in [0.25, 0.3) is 0 Å². The van der Waals surface area contributed by atoms with Crippen molar-refractivity contribution < 1.29 is 17.9 Å². The van der Waals surface area contributed by atoms with Gasteiger partial charge < -0.3 is 4.74 Å². The number of carbonyl (C=O) groups excluding carboxylic acids is 1. The summed E-state index contributed by atoms with van der Waals surface area (Å²) in [4.78, 5) is 12.3. The Kier molecular flexibility index (Phi) is 4.94. The van der Waals surface area contributed by atoms with Crippen molar-refractivity contribution in [1.29, 1.82) is 0 Å². The molecular formula is C14H21NO4S. The second-order valence-corrected chi connectivity index (χ2v) is 7.23. The van der Waals surface area contributed by atoms with E-state index in [1.165, 1.54) is 19.2 Å². The van der Waals surface area contributed by atoms with Gasteiger partial charge in [-0.15, -0.1) is 0 Å². The van der Waals surface area contributed by atoms with Gasteiger partial charge in [0.2, 0.25) is 0 Å². The Morgan fingerprint density at radius 1 is 1.25 bits per heavy atom. The normalized spacial score (nSPS) is 14.9. The number of methoxy groups -OCH3 is 1. The van der Waals surface area contributed by atoms with Crippen molar-refractivity contribution in [3.63, 3.8) is 0 Å². The lowest BCUT2D eigenvalue weighted by atomic mass is 9.91. The van der Waals surface area contributed by atoms with Crippen molar-refractivity contribution in [3.8, 4) is 0 Å². The number of hydrogen-bond donors (Lipinski definition) is 1. The molecule has 0 saturated carbocycles. The minimum Gasteiger partial charge on any atom is -0.467 e. The third-order valence-electron chi connectivity index (χ3n) is 3.03. The van der Waals surface area contributed by atoms with Gasteiger partial charge in [-0.1, -0.05) is 12.1 Å². The van der Waals surface area contributed by atoms with Crippen LogP contribution < -0.4 is 5.32 Å². The van der Waals surface area contributed by atoms with Crippen LogP contribution >= 0.6 is 0 Å². The van der Waals surface area contributed by atoms with Gasteiger partial charge in [-0.2, -0.15) is 0 Å². The number of esters is 1. The molecule has 0 aliphatic rings. The van der Waals surface area contributed by atoms with E-state index in [-0.39, 0.29) is 10.9 Å². The molecular weight excluding hydrogens is 278 g/mol. The van der Waals surface area contributed by atoms with Gasteiger partial charge in [0.05, 0.1) is 12.0 Å². The quantitative estimate of drug-likeness (QED) is 0.834. The Hall–Kier alpha value is -1.40. The summed E-state index contributed by atoms with van der Waals surface area (Å²) >= 11 is 0. The summed E-state index contributed by atoms with van der Waals surface area (Å²) in [5.74, 6) is -0.418. The van der Waals surface area contributed by atoms with Crippen LogP contribution in [0.2, 0.25) is 0 Å². The monoisotopic (exact) mass is 299 g/mol. The van der Waals surface area contributed by atoms with E-state index in [0.717, 1.165) is 6.26 Å². The number of ether oxygens (including phenoxy) is 1. The third-order valence-corrected chi connectivity index (χ3v) is 4.16. The standard InChI is InChI=1S/C14H21NO4S/c1-10(2)15-14(3,13(16)19-4)11-6-8-12(9-7-11)20(5,17)18/h6-10,15H,1-5H3. The molecule has 112 valence electrons. The van der Waals surface area contributed by atoms with Crippen molar-refractivity contribution in [2.75, 3.05) is 13.4 Å². The first-order chi connectivity index (χ1) is 9.11. The predicted octanol–water partition coefficient (Wildman–Crippen LogP) is 1.48. The van der Waals surface area contributed by atoms with Crippen molar-refractivity contribution in [1.82, 2.24) is 5.32 Å². The van der Waals surface area contributed by atoms with Crippen LogP contribution in [0.5, 0.6) is 0 Å². The van der Waals surface area contributed by atoms with Crippen LogP contribution in [0.1, 0.15) is 26.3 Å². The minimum atomic E-state index is -3.25. The Bertz CT molecular complexity index is 578. The van der Waals surface area contributed by atoms with E-state index in [9.17, 15) is 13.2 Å². The van der Waals surface area contributed by atoms with E-state index in [1.54, 1.807) is 19.1 Å². The van der Waals surface area contributed by atoms with Crippen LogP contribution in [0.4, 0.5) is 0 Å². The first-order valence-electron chi connectivity index (χ1n) is 6.28. The second kappa shape index (κ2) is 5.93. The second-order valence-electron chi connectivity index (χ2n) is 5.21. The minimum absolute atomic E-state index is 0.0636. The number of nitrogens with one attached hydrogen (secondary N) is 1. The van der Waals surface area contributed by atoms with E-state index in [4.69, 9.17) is 4.74 Å². The maximum atomic E-state index is 12.0. The van der Waals surface area contributed by atoms with Crippen molar-refractivity contribution in [2.45, 2.75) is 37.2 Å². The van der Waals surface area contributed by atoms with Gasteiger partial charge in [0.15, 0.2) is 9.84 Å². The summed E-state index contributed by atoms with van der Waals surface area (Å²) in [5.41, 5.74) is -0.357. The highest BCUT2D eigenvalue weighted by Crippen LogP contribution is 2.24. The number of sulfone groups is 1. The fraction of sp³-hybridized carbons (Fsp3) is 0.500. The van der Waals surface area contributed by atoms with Crippen molar-refractivity contribution in [2.24, 2.45) is 0 Å². The van der Waals surface area contributed by atoms with Crippen LogP contribution in [0.3, 0.4) is 0 Å². The predicted molar refractivity (Wildman–Crippen MR) is 77.2 cm³/mol. The maximum absolute atomic E-state index is 12.0. The highest BCUT2D eigenvalue weighted by atomic mass is 32.2. The van der Waals surface area contributed by atoms with Crippen LogP contribution in [-0.2, 0) is 24.9 Å². The zero-order chi connectivity index (χ0) is 15.6. The summed E-state index contributed by atoms with van der Waals surface area (Å²) in [6.07, 6.45) is 1.15. The number of rotatable bonds is 5. The SMILES string of the molecule is COC(=O)C(C)(NC(C)C)c1ccc(S(C)(=O)=O)cc1. The molecule has 0 aromatic heterocycles. The molecule has 6 heteroatoms. The van der Waals surface area contributed by atoms with Gasteiger partial charge in [0.25, 0.3) is 0 Å². The Balaban J connectivity index is 3.25. The van der Waals surface area contributed by atoms with Gasteiger partial charge in [0, 0.05) is 12.3 Å². The molecule has 0 bridgehead atoms. The van der Waals surface area contributed by atoms with Crippen LogP contribution in [0, 0.1) is 0 Å². The molecule has 0 spiro atoms. The number of carbonyl (C=O) groups is 1. The molecule has 1 N–H and O–H groups in total. The average molecular weight is 299 g/mol. The van der Waals surface area contributed by atoms with Crippen molar-refractivity contribution in [3.05, 3.63) is 29.8 Å². The van der Waals surface area contributed by atoms with E-state index >= 15 is 0 Å². The molecule has 1 atom stereocenters. The lowest BCUT2D eigenvalue weighted by Crippen LogP contribution is -2.50. The van der Waals surface area contributed by atoms with E-state index < -0.39 is 21.3 Å². The topological polar surface area (TPSA) is 72.5 Å². The zero-order valence-corrected chi connectivity index (χ0v) is 13.2. The van der Waals surface area contributed by atoms with E-state index in [2.05, 4.69) is 5.32 Å². The molecule has 5 nitrogen and oxygen atoms in total. The Morgan fingerprint density at radius 3 is 2.10 bits per heavy atom. The lowest BCUT2D eigenvalue weighted by Gasteiger charge is -2.30. The molecule has 20 heavy (non-hydrogen) atoms. The highest BCUT2D eigenvalue weighted by Gasteiger charge is 2.36. The molecule has 0 heterocycles. The van der Waals surface area contributed by atoms with Gasteiger partial charge in [-0.25, -0.2) is 13.2 Å². The largest absolute Gasteiger partial charge is 0.467 e. The number of hydrogen-bond acceptors (Lipinski definition) is 5. The molecule has 0 saturated heterocycles. The first-order valence-corrected chi connectivity index (χ1v) is 8.17. The van der Waals surface area contributed by atoms with Gasteiger partial charge in [-0.3, -0.25) is 5.32 Å². The number of benzene rings is 1. The molecule has 0 fully saturated rings. The van der Waals surface area contributed by atoms with Crippen molar-refractivity contribution >= 4 is 15.8 Å². The molecule has 0 aliphatic heterocycles. The molecule has 0 aliphatic carbocycles. The fourth-order valence-corrected chi connectivity index (χ4v) is 2.71. The van der Waals surface area contributed by atoms with E-state index in [0.29, 0.717) is 5.56 Å². The summed E-state index contributed by atoms with van der Waals surface area (Å²) in [6, 6.07) is 6.31. The Labute approximate surface area is 120 Å². The van der Waals surface area contributed by atoms with Gasteiger partial charge >= 0.3 is 5.97 Å². The van der Waals surface area contributed by atoms with Crippen LogP contribution in [0.15, 0.2) is 29.2 Å². The highest BCUT2D eigenvalue weighted by molar-refractivity contribution is 7.90. The molecule has 1 unspecified atom stereocenters.